The van der Waals surface area contributed by atoms with E-state index < -0.39 is 10.8 Å². The lowest BCUT2D eigenvalue weighted by atomic mass is 9.65. The molecule has 18 heavy (non-hydrogen) atoms. The molecule has 0 radical (unpaired) electrons. The molecular weight excluding hydrogens is 232 g/mol. The van der Waals surface area contributed by atoms with Gasteiger partial charge in [0, 0.05) is 0 Å². The average Bonchev–Trinajstić information content (AvgIpc) is 2.52. The third-order valence-corrected chi connectivity index (χ3v) is 4.52. The maximum absolute atomic E-state index is 12.1. The Morgan fingerprint density at radius 2 is 1.67 bits per heavy atom. The Morgan fingerprint density at radius 1 is 1.11 bits per heavy atom. The number of carbonyl (C=O) groups excluding carboxylic acids is 2. The van der Waals surface area contributed by atoms with Crippen LogP contribution in [0.25, 0.3) is 0 Å². The maximum atomic E-state index is 12.1. The van der Waals surface area contributed by atoms with Gasteiger partial charge in [-0.05, 0) is 39.0 Å². The van der Waals surface area contributed by atoms with Crippen LogP contribution in [0.2, 0.25) is 0 Å². The number of esters is 2. The van der Waals surface area contributed by atoms with Gasteiger partial charge in [-0.25, -0.2) is 0 Å². The molecule has 2 unspecified atom stereocenters. The Hall–Kier alpha value is -1.06. The van der Waals surface area contributed by atoms with E-state index >= 15 is 0 Å². The Bertz CT molecular complexity index is 335. The molecule has 2 atom stereocenters. The first kappa shape index (κ1) is 15.0. The van der Waals surface area contributed by atoms with Crippen LogP contribution >= 0.6 is 0 Å². The van der Waals surface area contributed by atoms with Crippen molar-refractivity contribution < 1.29 is 19.1 Å². The highest BCUT2D eigenvalue weighted by molar-refractivity contribution is 5.82. The minimum Gasteiger partial charge on any atom is -0.466 e. The van der Waals surface area contributed by atoms with E-state index in [9.17, 15) is 9.59 Å². The minimum atomic E-state index is -0.611. The number of hydrogen-bond acceptors (Lipinski definition) is 4. The standard InChI is InChI=1S/C14H24O4/c1-6-17-11(15)10-8-9-14(5,13(10,3)4)12(16)18-7-2/h10H,6-9H2,1-5H3. The van der Waals surface area contributed by atoms with Gasteiger partial charge in [0.1, 0.15) is 0 Å². The zero-order chi connectivity index (χ0) is 14.0. The fourth-order valence-corrected chi connectivity index (χ4v) is 2.81. The molecule has 0 aromatic carbocycles. The molecule has 4 heteroatoms. The zero-order valence-electron chi connectivity index (χ0n) is 12.0. The summed E-state index contributed by atoms with van der Waals surface area (Å²) in [5.41, 5.74) is -1.05. The molecule has 0 aromatic heterocycles. The van der Waals surface area contributed by atoms with Crippen LogP contribution in [0, 0.1) is 16.7 Å². The number of hydrogen-bond donors (Lipinski definition) is 0. The van der Waals surface area contributed by atoms with Crippen LogP contribution in [0.1, 0.15) is 47.5 Å². The van der Waals surface area contributed by atoms with Crippen LogP contribution in [0.15, 0.2) is 0 Å². The lowest BCUT2D eigenvalue weighted by Crippen LogP contribution is -2.44. The van der Waals surface area contributed by atoms with Gasteiger partial charge in [0.15, 0.2) is 0 Å². The molecule has 0 spiro atoms. The predicted molar refractivity (Wildman–Crippen MR) is 67.9 cm³/mol. The fraction of sp³-hybridized carbons (Fsp3) is 0.857. The SMILES string of the molecule is CCOC(=O)C1CCC(C)(C(=O)OCC)C1(C)C. The molecule has 1 aliphatic rings. The number of carbonyl (C=O) groups is 2. The van der Waals surface area contributed by atoms with E-state index in [1.165, 1.54) is 0 Å². The van der Waals surface area contributed by atoms with Gasteiger partial charge in [-0.2, -0.15) is 0 Å². The Balaban J connectivity index is 2.93. The maximum Gasteiger partial charge on any atom is 0.312 e. The summed E-state index contributed by atoms with van der Waals surface area (Å²) in [6, 6.07) is 0. The van der Waals surface area contributed by atoms with E-state index in [2.05, 4.69) is 0 Å². The first-order chi connectivity index (χ1) is 8.31. The van der Waals surface area contributed by atoms with Gasteiger partial charge < -0.3 is 9.47 Å². The van der Waals surface area contributed by atoms with Gasteiger partial charge in [0.2, 0.25) is 0 Å². The molecule has 0 aromatic rings. The van der Waals surface area contributed by atoms with Gasteiger partial charge in [0.05, 0.1) is 24.5 Å². The zero-order valence-corrected chi connectivity index (χ0v) is 12.0. The first-order valence-electron chi connectivity index (χ1n) is 6.65. The van der Waals surface area contributed by atoms with E-state index in [0.29, 0.717) is 26.1 Å². The van der Waals surface area contributed by atoms with Crippen molar-refractivity contribution in [3.63, 3.8) is 0 Å². The summed E-state index contributed by atoms with van der Waals surface area (Å²) in [4.78, 5) is 24.1. The molecule has 1 fully saturated rings. The molecule has 0 amide bonds. The van der Waals surface area contributed by atoms with Gasteiger partial charge in [0.25, 0.3) is 0 Å². The van der Waals surface area contributed by atoms with Crippen molar-refractivity contribution in [3.05, 3.63) is 0 Å². The molecule has 0 heterocycles. The Labute approximate surface area is 109 Å². The summed E-state index contributed by atoms with van der Waals surface area (Å²) in [6.45, 7) is 10.1. The second-order valence-corrected chi connectivity index (χ2v) is 5.62. The smallest absolute Gasteiger partial charge is 0.312 e. The van der Waals surface area contributed by atoms with E-state index in [1.807, 2.05) is 20.8 Å². The van der Waals surface area contributed by atoms with Crippen molar-refractivity contribution in [3.8, 4) is 0 Å². The number of rotatable bonds is 4. The van der Waals surface area contributed by atoms with Gasteiger partial charge >= 0.3 is 11.9 Å². The van der Waals surface area contributed by atoms with Crippen molar-refractivity contribution in [1.29, 1.82) is 0 Å². The van der Waals surface area contributed by atoms with Crippen LogP contribution in [-0.4, -0.2) is 25.2 Å². The molecule has 0 N–H and O–H groups in total. The summed E-state index contributed by atoms with van der Waals surface area (Å²) < 4.78 is 10.3. The topological polar surface area (TPSA) is 52.6 Å². The van der Waals surface area contributed by atoms with Crippen LogP contribution in [-0.2, 0) is 19.1 Å². The lowest BCUT2D eigenvalue weighted by molar-refractivity contribution is -0.164. The highest BCUT2D eigenvalue weighted by Gasteiger charge is 2.59. The fourth-order valence-electron chi connectivity index (χ4n) is 2.81. The van der Waals surface area contributed by atoms with Crippen LogP contribution < -0.4 is 0 Å². The second-order valence-electron chi connectivity index (χ2n) is 5.62. The van der Waals surface area contributed by atoms with Crippen LogP contribution in [0.5, 0.6) is 0 Å². The Kier molecular flexibility index (Phi) is 4.41. The highest BCUT2D eigenvalue weighted by atomic mass is 16.5. The quantitative estimate of drug-likeness (QED) is 0.725. The summed E-state index contributed by atoms with van der Waals surface area (Å²) in [5.74, 6) is -0.635. The van der Waals surface area contributed by atoms with Gasteiger partial charge in [-0.3, -0.25) is 9.59 Å². The molecule has 1 saturated carbocycles. The molecule has 4 nitrogen and oxygen atoms in total. The third-order valence-electron chi connectivity index (χ3n) is 4.52. The van der Waals surface area contributed by atoms with Crippen molar-refractivity contribution in [1.82, 2.24) is 0 Å². The Morgan fingerprint density at radius 3 is 2.17 bits per heavy atom. The van der Waals surface area contributed by atoms with Crippen molar-refractivity contribution in [2.75, 3.05) is 13.2 Å². The molecule has 104 valence electrons. The number of ether oxygens (including phenoxy) is 2. The first-order valence-corrected chi connectivity index (χ1v) is 6.65. The predicted octanol–water partition coefficient (Wildman–Crippen LogP) is 2.56. The van der Waals surface area contributed by atoms with Crippen LogP contribution in [0.4, 0.5) is 0 Å². The minimum absolute atomic E-state index is 0.199. The monoisotopic (exact) mass is 256 g/mol. The van der Waals surface area contributed by atoms with Gasteiger partial charge in [-0.15, -0.1) is 0 Å². The summed E-state index contributed by atoms with van der Waals surface area (Å²) in [6.07, 6.45) is 1.35. The molecule has 1 rings (SSSR count). The van der Waals surface area contributed by atoms with Crippen molar-refractivity contribution in [2.45, 2.75) is 47.5 Å². The van der Waals surface area contributed by atoms with E-state index in [1.54, 1.807) is 13.8 Å². The van der Waals surface area contributed by atoms with Crippen molar-refractivity contribution in [2.24, 2.45) is 16.7 Å². The van der Waals surface area contributed by atoms with E-state index in [4.69, 9.17) is 9.47 Å². The molecule has 0 saturated heterocycles. The third kappa shape index (κ3) is 2.25. The molecule has 0 aliphatic heterocycles. The van der Waals surface area contributed by atoms with Gasteiger partial charge in [-0.1, -0.05) is 13.8 Å². The molecular formula is C14H24O4. The summed E-state index contributed by atoms with van der Waals surface area (Å²) >= 11 is 0. The summed E-state index contributed by atoms with van der Waals surface area (Å²) in [5, 5.41) is 0. The van der Waals surface area contributed by atoms with E-state index in [0.717, 1.165) is 0 Å². The largest absolute Gasteiger partial charge is 0.466 e. The highest BCUT2D eigenvalue weighted by Crippen LogP contribution is 2.56. The van der Waals surface area contributed by atoms with E-state index in [-0.39, 0.29) is 17.9 Å². The molecule has 0 bridgehead atoms. The summed E-state index contributed by atoms with van der Waals surface area (Å²) in [7, 11) is 0. The lowest BCUT2D eigenvalue weighted by Gasteiger charge is -2.38. The normalized spacial score (nSPS) is 29.9. The average molecular weight is 256 g/mol. The second kappa shape index (κ2) is 5.29. The van der Waals surface area contributed by atoms with Crippen molar-refractivity contribution >= 4 is 11.9 Å². The molecule has 1 aliphatic carbocycles. The van der Waals surface area contributed by atoms with Crippen LogP contribution in [0.3, 0.4) is 0 Å².